The third kappa shape index (κ3) is 4.77. The fraction of sp³-hybridized carbons (Fsp3) is 0.600. The molecule has 0 radical (unpaired) electrons. The first-order valence-electron chi connectivity index (χ1n) is 11.7. The highest BCUT2D eigenvalue weighted by Gasteiger charge is 2.32. The van der Waals surface area contributed by atoms with Gasteiger partial charge < -0.3 is 14.6 Å². The molecule has 4 rings (SSSR count). The van der Waals surface area contributed by atoms with Crippen LogP contribution in [0.5, 0.6) is 5.75 Å². The van der Waals surface area contributed by atoms with Crippen molar-refractivity contribution in [1.82, 2.24) is 9.78 Å². The van der Waals surface area contributed by atoms with Gasteiger partial charge in [-0.2, -0.15) is 5.10 Å². The topological polar surface area (TPSA) is 76.8 Å². The maximum atomic E-state index is 12.5. The molecule has 2 aromatic rings. The lowest BCUT2D eigenvalue weighted by Gasteiger charge is -2.35. The van der Waals surface area contributed by atoms with E-state index in [9.17, 15) is 9.90 Å². The Labute approximate surface area is 190 Å². The van der Waals surface area contributed by atoms with Gasteiger partial charge in [0.25, 0.3) is 0 Å². The van der Waals surface area contributed by atoms with Crippen molar-refractivity contribution in [2.45, 2.75) is 77.5 Å². The molecule has 7 nitrogen and oxygen atoms in total. The van der Waals surface area contributed by atoms with Crippen molar-refractivity contribution in [1.29, 1.82) is 0 Å². The normalized spacial score (nSPS) is 19.2. The Hall–Kier alpha value is -2.54. The Bertz CT molecular complexity index is 957. The molecule has 1 aliphatic heterocycles. The van der Waals surface area contributed by atoms with Gasteiger partial charge in [-0.1, -0.05) is 12.8 Å². The molecule has 1 aromatic carbocycles. The van der Waals surface area contributed by atoms with Crippen molar-refractivity contribution < 1.29 is 19.4 Å². The molecule has 1 fully saturated rings. The van der Waals surface area contributed by atoms with Crippen LogP contribution in [0.1, 0.15) is 58.4 Å². The summed E-state index contributed by atoms with van der Waals surface area (Å²) in [5.41, 5.74) is 2.99. The first-order chi connectivity index (χ1) is 15.3. The Morgan fingerprint density at radius 2 is 2.00 bits per heavy atom. The van der Waals surface area contributed by atoms with Crippen LogP contribution < -0.4 is 9.64 Å². The average Bonchev–Trinajstić information content (AvgIpc) is 3.42. The van der Waals surface area contributed by atoms with Crippen LogP contribution in [0.25, 0.3) is 11.1 Å². The van der Waals surface area contributed by atoms with Crippen molar-refractivity contribution in [2.24, 2.45) is 5.92 Å². The lowest BCUT2D eigenvalue weighted by atomic mass is 9.92. The summed E-state index contributed by atoms with van der Waals surface area (Å²) in [5, 5.41) is 14.6. The SMILES string of the molecule is COC(=O)N1c2ccc(-c3cnn(CC(C)(C)O)c3)c(OCC3CCCC3)c2CC[C@@H]1C. The minimum Gasteiger partial charge on any atom is -0.492 e. The average molecular weight is 442 g/mol. The molecule has 0 spiro atoms. The Morgan fingerprint density at radius 1 is 1.25 bits per heavy atom. The van der Waals surface area contributed by atoms with Gasteiger partial charge >= 0.3 is 6.09 Å². The van der Waals surface area contributed by atoms with Crippen LogP contribution in [0.15, 0.2) is 24.5 Å². The van der Waals surface area contributed by atoms with Gasteiger partial charge in [0.05, 0.1) is 37.7 Å². The summed E-state index contributed by atoms with van der Waals surface area (Å²) in [6.45, 7) is 6.68. The van der Waals surface area contributed by atoms with Crippen LogP contribution in [-0.4, -0.2) is 46.3 Å². The zero-order valence-electron chi connectivity index (χ0n) is 19.6. The molecule has 0 bridgehead atoms. The number of nitrogens with zero attached hydrogens (tertiary/aromatic N) is 3. The van der Waals surface area contributed by atoms with Crippen molar-refractivity contribution in [3.8, 4) is 16.9 Å². The molecule has 0 saturated heterocycles. The number of benzene rings is 1. The van der Waals surface area contributed by atoms with Crippen molar-refractivity contribution in [3.05, 3.63) is 30.1 Å². The summed E-state index contributed by atoms with van der Waals surface area (Å²) in [6.07, 6.45) is 10.1. The molecule has 2 heterocycles. The maximum absolute atomic E-state index is 12.5. The first-order valence-corrected chi connectivity index (χ1v) is 11.7. The summed E-state index contributed by atoms with van der Waals surface area (Å²) < 4.78 is 13.3. The van der Waals surface area contributed by atoms with Gasteiger partial charge in [0.1, 0.15) is 5.75 Å². The molecule has 32 heavy (non-hydrogen) atoms. The van der Waals surface area contributed by atoms with Gasteiger partial charge in [-0.3, -0.25) is 9.58 Å². The van der Waals surface area contributed by atoms with Gasteiger partial charge in [-0.15, -0.1) is 0 Å². The number of anilines is 1. The molecule has 1 N–H and O–H groups in total. The van der Waals surface area contributed by atoms with Crippen molar-refractivity contribution in [2.75, 3.05) is 18.6 Å². The van der Waals surface area contributed by atoms with Gasteiger partial charge in [-0.25, -0.2) is 4.79 Å². The van der Waals surface area contributed by atoms with Gasteiger partial charge in [0, 0.05) is 28.9 Å². The molecule has 1 atom stereocenters. The molecular formula is C25H35N3O4. The van der Waals surface area contributed by atoms with Gasteiger partial charge in [0.15, 0.2) is 0 Å². The van der Waals surface area contributed by atoms with E-state index in [0.717, 1.165) is 41.0 Å². The number of fused-ring (bicyclic) bond motifs is 1. The number of hydrogen-bond donors (Lipinski definition) is 1. The molecule has 0 unspecified atom stereocenters. The maximum Gasteiger partial charge on any atom is 0.414 e. The molecule has 1 aromatic heterocycles. The monoisotopic (exact) mass is 441 g/mol. The second-order valence-electron chi connectivity index (χ2n) is 9.87. The third-order valence-electron chi connectivity index (χ3n) is 6.55. The van der Waals surface area contributed by atoms with Crippen LogP contribution >= 0.6 is 0 Å². The van der Waals surface area contributed by atoms with Gasteiger partial charge in [0.2, 0.25) is 0 Å². The van der Waals surface area contributed by atoms with E-state index in [4.69, 9.17) is 9.47 Å². The van der Waals surface area contributed by atoms with E-state index in [2.05, 4.69) is 5.10 Å². The number of ether oxygens (including phenoxy) is 2. The van der Waals surface area contributed by atoms with Crippen LogP contribution in [0.4, 0.5) is 10.5 Å². The molecule has 7 heteroatoms. The lowest BCUT2D eigenvalue weighted by molar-refractivity contribution is 0.0577. The van der Waals surface area contributed by atoms with E-state index < -0.39 is 5.60 Å². The molecule has 2 aliphatic rings. The third-order valence-corrected chi connectivity index (χ3v) is 6.55. The molecule has 1 aliphatic carbocycles. The molecule has 1 saturated carbocycles. The van der Waals surface area contributed by atoms with E-state index in [-0.39, 0.29) is 12.1 Å². The Balaban J connectivity index is 1.73. The lowest BCUT2D eigenvalue weighted by Crippen LogP contribution is -2.42. The molecule has 174 valence electrons. The number of carbonyl (C=O) groups excluding carboxylic acids is 1. The van der Waals surface area contributed by atoms with Gasteiger partial charge in [-0.05, 0) is 64.5 Å². The fourth-order valence-corrected chi connectivity index (χ4v) is 4.94. The summed E-state index contributed by atoms with van der Waals surface area (Å²) in [5.74, 6) is 1.42. The fourth-order valence-electron chi connectivity index (χ4n) is 4.94. The Morgan fingerprint density at radius 3 is 2.69 bits per heavy atom. The van der Waals surface area contributed by atoms with E-state index >= 15 is 0 Å². The highest BCUT2D eigenvalue weighted by Crippen LogP contribution is 2.43. The first kappa shape index (κ1) is 22.6. The quantitative estimate of drug-likeness (QED) is 0.697. The van der Waals surface area contributed by atoms with Crippen LogP contribution in [-0.2, 0) is 17.7 Å². The smallest absolute Gasteiger partial charge is 0.414 e. The minimum atomic E-state index is -0.849. The summed E-state index contributed by atoms with van der Waals surface area (Å²) in [4.78, 5) is 14.3. The number of amides is 1. The van der Waals surface area contributed by atoms with Crippen molar-refractivity contribution >= 4 is 11.8 Å². The highest BCUT2D eigenvalue weighted by molar-refractivity contribution is 5.92. The second-order valence-corrected chi connectivity index (χ2v) is 9.87. The van der Waals surface area contributed by atoms with E-state index in [1.807, 2.05) is 31.5 Å². The zero-order valence-corrected chi connectivity index (χ0v) is 19.6. The Kier molecular flexibility index (Phi) is 6.47. The van der Waals surface area contributed by atoms with E-state index in [1.54, 1.807) is 23.4 Å². The number of rotatable bonds is 6. The van der Waals surface area contributed by atoms with Crippen LogP contribution in [0, 0.1) is 5.92 Å². The minimum absolute atomic E-state index is 0.0676. The van der Waals surface area contributed by atoms with Crippen molar-refractivity contribution in [3.63, 3.8) is 0 Å². The number of aromatic nitrogens is 2. The summed E-state index contributed by atoms with van der Waals surface area (Å²) >= 11 is 0. The number of hydrogen-bond acceptors (Lipinski definition) is 5. The summed E-state index contributed by atoms with van der Waals surface area (Å²) in [6, 6.07) is 4.08. The number of methoxy groups -OCH3 is 1. The molecule has 1 amide bonds. The standard InChI is InChI=1S/C25H35N3O4/c1-17-9-10-21-22(28(17)24(29)31-4)12-11-20(23(21)32-15-18-7-5-6-8-18)19-13-26-27(14-19)16-25(2,3)30/h11-14,17-18,30H,5-10,15-16H2,1-4H3/t17-/m0/s1. The molecular weight excluding hydrogens is 406 g/mol. The number of carbonyl (C=O) groups is 1. The predicted octanol–water partition coefficient (Wildman–Crippen LogP) is 4.80. The zero-order chi connectivity index (χ0) is 22.9. The summed E-state index contributed by atoms with van der Waals surface area (Å²) in [7, 11) is 1.42. The second kappa shape index (κ2) is 9.14. The van der Waals surface area contributed by atoms with Crippen LogP contribution in [0.2, 0.25) is 0 Å². The predicted molar refractivity (Wildman–Crippen MR) is 124 cm³/mol. The van der Waals surface area contributed by atoms with Crippen LogP contribution in [0.3, 0.4) is 0 Å². The largest absolute Gasteiger partial charge is 0.492 e. The number of aliphatic hydroxyl groups is 1. The highest BCUT2D eigenvalue weighted by atomic mass is 16.5. The van der Waals surface area contributed by atoms with E-state index in [0.29, 0.717) is 19.1 Å². The van der Waals surface area contributed by atoms with E-state index in [1.165, 1.54) is 32.8 Å².